The molecule has 0 aliphatic heterocycles. The number of carbonyl (C=O) groups excluding carboxylic acids is 2. The van der Waals surface area contributed by atoms with Gasteiger partial charge in [-0.25, -0.2) is 0 Å². The van der Waals surface area contributed by atoms with Crippen molar-refractivity contribution in [1.82, 2.24) is 0 Å². The molecule has 2 aromatic rings. The van der Waals surface area contributed by atoms with Crippen LogP contribution in [0.15, 0.2) is 48.6 Å². The highest BCUT2D eigenvalue weighted by molar-refractivity contribution is 6.32. The highest BCUT2D eigenvalue weighted by atomic mass is 35.5. The molecule has 0 heterocycles. The summed E-state index contributed by atoms with van der Waals surface area (Å²) < 4.78 is 4.99. The molecule has 2 rings (SSSR count). The Morgan fingerprint density at radius 1 is 1.04 bits per heavy atom. The molecular formula is C20H17ClO5. The van der Waals surface area contributed by atoms with E-state index in [9.17, 15) is 19.8 Å². The predicted molar refractivity (Wildman–Crippen MR) is 100 cm³/mol. The summed E-state index contributed by atoms with van der Waals surface area (Å²) in [5.74, 6) is -0.395. The molecule has 0 amide bonds. The van der Waals surface area contributed by atoms with Crippen molar-refractivity contribution >= 4 is 35.3 Å². The van der Waals surface area contributed by atoms with Crippen molar-refractivity contribution in [2.24, 2.45) is 0 Å². The van der Waals surface area contributed by atoms with E-state index in [1.165, 1.54) is 49.6 Å². The Bertz CT molecular complexity index is 884. The molecule has 134 valence electrons. The molecule has 0 atom stereocenters. The summed E-state index contributed by atoms with van der Waals surface area (Å²) in [5, 5.41) is 19.1. The average Bonchev–Trinajstić information content (AvgIpc) is 2.60. The molecule has 5 nitrogen and oxygen atoms in total. The van der Waals surface area contributed by atoms with Crippen molar-refractivity contribution in [1.29, 1.82) is 0 Å². The second-order valence-electron chi connectivity index (χ2n) is 5.41. The molecule has 0 saturated carbocycles. The number of aromatic hydroxyl groups is 2. The van der Waals surface area contributed by atoms with Crippen LogP contribution in [0.4, 0.5) is 0 Å². The second-order valence-corrected chi connectivity index (χ2v) is 5.82. The van der Waals surface area contributed by atoms with Crippen LogP contribution in [0, 0.1) is 0 Å². The van der Waals surface area contributed by atoms with Gasteiger partial charge in [-0.3, -0.25) is 9.59 Å². The van der Waals surface area contributed by atoms with E-state index in [4.69, 9.17) is 16.3 Å². The maximum atomic E-state index is 11.9. The number of benzene rings is 2. The zero-order valence-electron chi connectivity index (χ0n) is 14.0. The van der Waals surface area contributed by atoms with Gasteiger partial charge in [0.1, 0.15) is 5.75 Å². The maximum absolute atomic E-state index is 11.9. The van der Waals surface area contributed by atoms with Crippen LogP contribution in [0.5, 0.6) is 17.2 Å². The monoisotopic (exact) mass is 372 g/mol. The number of rotatable bonds is 7. The lowest BCUT2D eigenvalue weighted by Gasteiger charge is -2.03. The fraction of sp³-hybridized carbons (Fsp3) is 0.100. The van der Waals surface area contributed by atoms with Crippen molar-refractivity contribution in [3.63, 3.8) is 0 Å². The lowest BCUT2D eigenvalue weighted by atomic mass is 10.1. The molecule has 0 aromatic heterocycles. The van der Waals surface area contributed by atoms with Crippen LogP contribution in [-0.2, 0) is 9.59 Å². The highest BCUT2D eigenvalue weighted by Gasteiger charge is 2.05. The summed E-state index contributed by atoms with van der Waals surface area (Å²) >= 11 is 5.94. The molecule has 0 unspecified atom stereocenters. The van der Waals surface area contributed by atoms with Crippen LogP contribution in [0.25, 0.3) is 12.2 Å². The lowest BCUT2D eigenvalue weighted by molar-refractivity contribution is -0.121. The normalized spacial score (nSPS) is 11.2. The number of hydrogen-bond donors (Lipinski definition) is 2. The van der Waals surface area contributed by atoms with Crippen LogP contribution in [0.3, 0.4) is 0 Å². The number of halogens is 1. The topological polar surface area (TPSA) is 83.8 Å². The fourth-order valence-electron chi connectivity index (χ4n) is 2.11. The molecule has 0 aliphatic carbocycles. The number of ketones is 2. The molecule has 6 heteroatoms. The molecule has 0 aliphatic rings. The second kappa shape index (κ2) is 8.87. The van der Waals surface area contributed by atoms with E-state index < -0.39 is 0 Å². The summed E-state index contributed by atoms with van der Waals surface area (Å²) in [4.78, 5) is 23.8. The predicted octanol–water partition coefficient (Wildman–Crippen LogP) is 4.01. The van der Waals surface area contributed by atoms with Gasteiger partial charge < -0.3 is 14.9 Å². The standard InChI is InChI=1S/C20H17ClO5/c1-26-20-10-13(3-9-19(20)25)2-6-15(22)11-16(23)7-4-14-5-8-17(24)12-18(14)21/h2-10,12,24-25H,11H2,1H3. The number of carbonyl (C=O) groups is 2. The average molecular weight is 373 g/mol. The first kappa shape index (κ1) is 19.3. The van der Waals surface area contributed by atoms with E-state index in [1.54, 1.807) is 18.2 Å². The summed E-state index contributed by atoms with van der Waals surface area (Å²) in [6.07, 6.45) is 5.32. The van der Waals surface area contributed by atoms with Gasteiger partial charge in [0, 0.05) is 0 Å². The third-order valence-electron chi connectivity index (χ3n) is 3.45. The largest absolute Gasteiger partial charge is 0.508 e. The minimum atomic E-state index is -0.368. The van der Waals surface area contributed by atoms with E-state index >= 15 is 0 Å². The molecule has 0 bridgehead atoms. The van der Waals surface area contributed by atoms with Gasteiger partial charge in [-0.05, 0) is 59.7 Å². The zero-order chi connectivity index (χ0) is 19.1. The van der Waals surface area contributed by atoms with E-state index in [2.05, 4.69) is 0 Å². The highest BCUT2D eigenvalue weighted by Crippen LogP contribution is 2.26. The van der Waals surface area contributed by atoms with Crippen molar-refractivity contribution in [3.05, 3.63) is 64.7 Å². The number of phenols is 2. The Morgan fingerprint density at radius 2 is 1.73 bits per heavy atom. The van der Waals surface area contributed by atoms with E-state index in [-0.39, 0.29) is 29.5 Å². The third-order valence-corrected chi connectivity index (χ3v) is 3.77. The number of methoxy groups -OCH3 is 1. The molecule has 0 saturated heterocycles. The van der Waals surface area contributed by atoms with Gasteiger partial charge in [0.15, 0.2) is 23.1 Å². The van der Waals surface area contributed by atoms with Crippen molar-refractivity contribution < 1.29 is 24.5 Å². The van der Waals surface area contributed by atoms with Gasteiger partial charge in [0.2, 0.25) is 0 Å². The summed E-state index contributed by atoms with van der Waals surface area (Å²) in [7, 11) is 1.43. The third kappa shape index (κ3) is 5.50. The van der Waals surface area contributed by atoms with Crippen molar-refractivity contribution in [2.45, 2.75) is 6.42 Å². The van der Waals surface area contributed by atoms with Gasteiger partial charge >= 0.3 is 0 Å². The number of phenolic OH excluding ortho intramolecular Hbond substituents is 2. The minimum Gasteiger partial charge on any atom is -0.508 e. The minimum absolute atomic E-state index is 0.00387. The first-order valence-electron chi connectivity index (χ1n) is 7.66. The quantitative estimate of drug-likeness (QED) is 0.566. The van der Waals surface area contributed by atoms with Gasteiger partial charge in [-0.15, -0.1) is 0 Å². The SMILES string of the molecule is COc1cc(C=CC(=O)CC(=O)C=Cc2ccc(O)cc2Cl)ccc1O. The van der Waals surface area contributed by atoms with Crippen LogP contribution < -0.4 is 4.74 Å². The first-order valence-corrected chi connectivity index (χ1v) is 8.04. The van der Waals surface area contributed by atoms with Crippen LogP contribution in [0.2, 0.25) is 5.02 Å². The Morgan fingerprint density at radius 3 is 2.38 bits per heavy atom. The maximum Gasteiger partial charge on any atom is 0.163 e. The van der Waals surface area contributed by atoms with E-state index in [0.717, 1.165) is 0 Å². The van der Waals surface area contributed by atoms with Crippen LogP contribution in [-0.4, -0.2) is 28.9 Å². The van der Waals surface area contributed by atoms with Crippen LogP contribution in [0.1, 0.15) is 17.5 Å². The van der Waals surface area contributed by atoms with Crippen molar-refractivity contribution in [2.75, 3.05) is 7.11 Å². The number of allylic oxidation sites excluding steroid dienone is 2. The van der Waals surface area contributed by atoms with Crippen LogP contribution >= 0.6 is 11.6 Å². The van der Waals surface area contributed by atoms with Gasteiger partial charge in [-0.1, -0.05) is 23.7 Å². The van der Waals surface area contributed by atoms with E-state index in [1.807, 2.05) is 0 Å². The zero-order valence-corrected chi connectivity index (χ0v) is 14.7. The molecule has 2 aromatic carbocycles. The molecule has 0 radical (unpaired) electrons. The van der Waals surface area contributed by atoms with Gasteiger partial charge in [0.25, 0.3) is 0 Å². The molecule has 26 heavy (non-hydrogen) atoms. The molecule has 0 spiro atoms. The van der Waals surface area contributed by atoms with Crippen molar-refractivity contribution in [3.8, 4) is 17.2 Å². The first-order chi connectivity index (χ1) is 12.4. The Labute approximate surface area is 155 Å². The number of hydrogen-bond acceptors (Lipinski definition) is 5. The summed E-state index contributed by atoms with van der Waals surface area (Å²) in [5.41, 5.74) is 1.23. The lowest BCUT2D eigenvalue weighted by Crippen LogP contribution is -2.01. The molecule has 0 fully saturated rings. The Kier molecular flexibility index (Phi) is 6.58. The smallest absolute Gasteiger partial charge is 0.163 e. The van der Waals surface area contributed by atoms with E-state index in [0.29, 0.717) is 21.9 Å². The Hall–Kier alpha value is -3.05. The van der Waals surface area contributed by atoms with Gasteiger partial charge in [-0.2, -0.15) is 0 Å². The molecular weight excluding hydrogens is 356 g/mol. The summed E-state index contributed by atoms with van der Waals surface area (Å²) in [6, 6.07) is 9.05. The Balaban J connectivity index is 1.96. The van der Waals surface area contributed by atoms with Gasteiger partial charge in [0.05, 0.1) is 18.6 Å². The molecule has 2 N–H and O–H groups in total. The fourth-order valence-corrected chi connectivity index (χ4v) is 2.35. The number of ether oxygens (including phenoxy) is 1. The summed E-state index contributed by atoms with van der Waals surface area (Å²) in [6.45, 7) is 0.